The van der Waals surface area contributed by atoms with Crippen LogP contribution >= 0.6 is 11.8 Å². The molecule has 7 heteroatoms. The second-order valence-electron chi connectivity index (χ2n) is 10.2. The zero-order valence-corrected chi connectivity index (χ0v) is 20.9. The van der Waals surface area contributed by atoms with Crippen LogP contribution in [-0.2, 0) is 15.6 Å². The van der Waals surface area contributed by atoms with Gasteiger partial charge in [0.2, 0.25) is 0 Å². The predicted octanol–water partition coefficient (Wildman–Crippen LogP) is 5.92. The fourth-order valence-electron chi connectivity index (χ4n) is 3.51. The third-order valence-electron chi connectivity index (χ3n) is 5.37. The van der Waals surface area contributed by atoms with Crippen molar-refractivity contribution in [3.63, 3.8) is 0 Å². The highest BCUT2D eigenvalue weighted by atomic mass is 32.2. The van der Waals surface area contributed by atoms with Crippen molar-refractivity contribution in [1.29, 1.82) is 0 Å². The number of aliphatic imine (C=N–C) groups is 1. The molecule has 0 radical (unpaired) electrons. The summed E-state index contributed by atoms with van der Waals surface area (Å²) in [5.74, 6) is -0.922. The number of carbonyl (C=O) groups excluding carboxylic acids is 1. The zero-order valence-electron chi connectivity index (χ0n) is 20.1. The smallest absolute Gasteiger partial charge is 0.335 e. The third kappa shape index (κ3) is 5.30. The number of phenols is 1. The maximum atomic E-state index is 12.9. The molecule has 0 aromatic heterocycles. The lowest BCUT2D eigenvalue weighted by molar-refractivity contribution is -0.121. The first-order valence-electron chi connectivity index (χ1n) is 10.7. The number of benzene rings is 2. The summed E-state index contributed by atoms with van der Waals surface area (Å²) in [4.78, 5) is 30.6. The number of aromatic carboxylic acids is 1. The Morgan fingerprint density at radius 1 is 1.03 bits per heavy atom. The molecule has 3 rings (SSSR count). The van der Waals surface area contributed by atoms with Gasteiger partial charge in [-0.1, -0.05) is 47.6 Å². The van der Waals surface area contributed by atoms with E-state index in [1.165, 1.54) is 28.8 Å². The molecule has 1 aliphatic heterocycles. The number of rotatable bonds is 3. The standard InChI is InChI=1S/C26H30N2O4S/c1-25(2,3)18-11-15(12-19(21(18)29)26(4,5)6)13-20-22(30)28(7)24(33-20)27-17-10-8-9-16(14-17)23(31)32/h8-14,29H,1-7H3,(H,31,32)/b20-13-,27-24?. The number of hydrogen-bond donors (Lipinski definition) is 2. The van der Waals surface area contributed by atoms with Crippen LogP contribution in [0.15, 0.2) is 46.3 Å². The molecule has 6 nitrogen and oxygen atoms in total. The van der Waals surface area contributed by atoms with Crippen LogP contribution in [0.5, 0.6) is 5.75 Å². The molecule has 2 aromatic carbocycles. The van der Waals surface area contributed by atoms with Gasteiger partial charge in [-0.25, -0.2) is 9.79 Å². The molecule has 1 aliphatic rings. The van der Waals surface area contributed by atoms with Crippen LogP contribution in [0.2, 0.25) is 0 Å². The SMILES string of the molecule is CN1C(=O)/C(=C/c2cc(C(C)(C)C)c(O)c(C(C)(C)C)c2)SC1=Nc1cccc(C(=O)O)c1. The summed E-state index contributed by atoms with van der Waals surface area (Å²) in [5.41, 5.74) is 2.54. The van der Waals surface area contributed by atoms with E-state index in [1.807, 2.05) is 59.8 Å². The van der Waals surface area contributed by atoms with E-state index in [4.69, 9.17) is 0 Å². The van der Waals surface area contributed by atoms with Crippen molar-refractivity contribution in [1.82, 2.24) is 4.90 Å². The van der Waals surface area contributed by atoms with Gasteiger partial charge >= 0.3 is 5.97 Å². The summed E-state index contributed by atoms with van der Waals surface area (Å²) in [6.07, 6.45) is 1.82. The Balaban J connectivity index is 2.05. The Morgan fingerprint density at radius 2 is 1.61 bits per heavy atom. The quantitative estimate of drug-likeness (QED) is 0.548. The normalized spacial score (nSPS) is 17.3. The van der Waals surface area contributed by atoms with Crippen LogP contribution in [0.4, 0.5) is 5.69 Å². The number of amidine groups is 1. The number of carboxylic acids is 1. The van der Waals surface area contributed by atoms with Crippen molar-refractivity contribution in [2.24, 2.45) is 4.99 Å². The molecule has 0 saturated carbocycles. The fraction of sp³-hybridized carbons (Fsp3) is 0.346. The van der Waals surface area contributed by atoms with Gasteiger partial charge in [-0.3, -0.25) is 9.69 Å². The number of likely N-dealkylation sites (N-methyl/N-ethyl adjacent to an activating group) is 1. The van der Waals surface area contributed by atoms with Crippen molar-refractivity contribution in [3.8, 4) is 5.75 Å². The second kappa shape index (κ2) is 8.71. The van der Waals surface area contributed by atoms with Crippen LogP contribution in [-0.4, -0.2) is 39.2 Å². The summed E-state index contributed by atoms with van der Waals surface area (Å²) in [6.45, 7) is 12.3. The highest BCUT2D eigenvalue weighted by Crippen LogP contribution is 2.41. The van der Waals surface area contributed by atoms with Crippen LogP contribution in [0.3, 0.4) is 0 Å². The number of aromatic hydroxyl groups is 1. The van der Waals surface area contributed by atoms with E-state index < -0.39 is 5.97 Å². The molecule has 0 unspecified atom stereocenters. The fourth-order valence-corrected chi connectivity index (χ4v) is 4.49. The molecule has 2 aromatic rings. The topological polar surface area (TPSA) is 90.2 Å². The van der Waals surface area contributed by atoms with Crippen LogP contribution in [0.1, 0.15) is 68.6 Å². The minimum atomic E-state index is -1.03. The van der Waals surface area contributed by atoms with E-state index in [1.54, 1.807) is 19.2 Å². The number of phenolic OH excluding ortho intramolecular Hbond substituents is 1. The average molecular weight is 467 g/mol. The van der Waals surface area contributed by atoms with E-state index in [2.05, 4.69) is 4.99 Å². The molecule has 1 heterocycles. The molecule has 1 amide bonds. The number of carbonyl (C=O) groups is 2. The summed E-state index contributed by atoms with van der Waals surface area (Å²) >= 11 is 1.24. The van der Waals surface area contributed by atoms with Crippen molar-refractivity contribution < 1.29 is 19.8 Å². The Bertz CT molecular complexity index is 1150. The maximum absolute atomic E-state index is 12.9. The lowest BCUT2D eigenvalue weighted by atomic mass is 9.78. The first kappa shape index (κ1) is 24.6. The van der Waals surface area contributed by atoms with E-state index in [0.717, 1.165) is 16.7 Å². The molecule has 174 valence electrons. The van der Waals surface area contributed by atoms with Crippen molar-refractivity contribution in [2.45, 2.75) is 52.4 Å². The minimum Gasteiger partial charge on any atom is -0.507 e. The summed E-state index contributed by atoms with van der Waals surface area (Å²) in [5, 5.41) is 20.6. The van der Waals surface area contributed by atoms with Crippen molar-refractivity contribution >= 4 is 40.6 Å². The Kier molecular flexibility index (Phi) is 6.48. The van der Waals surface area contributed by atoms with Crippen LogP contribution in [0, 0.1) is 0 Å². The van der Waals surface area contributed by atoms with Crippen LogP contribution < -0.4 is 0 Å². The van der Waals surface area contributed by atoms with Crippen LogP contribution in [0.25, 0.3) is 6.08 Å². The van der Waals surface area contributed by atoms with Gasteiger partial charge in [0.15, 0.2) is 5.17 Å². The third-order valence-corrected chi connectivity index (χ3v) is 6.43. The van der Waals surface area contributed by atoms with E-state index in [-0.39, 0.29) is 22.3 Å². The summed E-state index contributed by atoms with van der Waals surface area (Å²) in [7, 11) is 1.65. The Morgan fingerprint density at radius 3 is 2.12 bits per heavy atom. The summed E-state index contributed by atoms with van der Waals surface area (Å²) in [6, 6.07) is 10.2. The van der Waals surface area contributed by atoms with Gasteiger partial charge in [-0.05, 0) is 64.6 Å². The maximum Gasteiger partial charge on any atom is 0.335 e. The Labute approximate surface area is 199 Å². The number of hydrogen-bond acceptors (Lipinski definition) is 5. The lowest BCUT2D eigenvalue weighted by Gasteiger charge is -2.28. The molecular weight excluding hydrogens is 436 g/mol. The molecule has 33 heavy (non-hydrogen) atoms. The first-order chi connectivity index (χ1) is 15.2. The molecular formula is C26H30N2O4S. The molecule has 0 bridgehead atoms. The number of carboxylic acid groups (broad SMARTS) is 1. The monoisotopic (exact) mass is 466 g/mol. The predicted molar refractivity (Wildman–Crippen MR) is 134 cm³/mol. The Hall–Kier alpha value is -3.06. The minimum absolute atomic E-state index is 0.137. The average Bonchev–Trinajstić information content (AvgIpc) is 2.95. The second-order valence-corrected chi connectivity index (χ2v) is 11.2. The lowest BCUT2D eigenvalue weighted by Crippen LogP contribution is -2.23. The summed E-state index contributed by atoms with van der Waals surface area (Å²) < 4.78 is 0. The molecule has 1 fully saturated rings. The number of nitrogens with zero attached hydrogens (tertiary/aromatic N) is 2. The van der Waals surface area contributed by atoms with Crippen molar-refractivity contribution in [2.75, 3.05) is 7.05 Å². The van der Waals surface area contributed by atoms with Gasteiger partial charge < -0.3 is 10.2 Å². The van der Waals surface area contributed by atoms with Gasteiger partial charge in [0, 0.05) is 18.2 Å². The van der Waals surface area contributed by atoms with Gasteiger partial charge in [0.25, 0.3) is 5.91 Å². The van der Waals surface area contributed by atoms with Crippen molar-refractivity contribution in [3.05, 3.63) is 63.6 Å². The van der Waals surface area contributed by atoms with E-state index in [9.17, 15) is 19.8 Å². The first-order valence-corrected chi connectivity index (χ1v) is 11.5. The van der Waals surface area contributed by atoms with E-state index >= 15 is 0 Å². The largest absolute Gasteiger partial charge is 0.507 e. The zero-order chi connectivity index (χ0) is 24.7. The molecule has 1 saturated heterocycles. The van der Waals surface area contributed by atoms with Gasteiger partial charge in [0.05, 0.1) is 16.2 Å². The molecule has 2 N–H and O–H groups in total. The molecule has 0 aliphatic carbocycles. The van der Waals surface area contributed by atoms with Gasteiger partial charge in [-0.15, -0.1) is 0 Å². The van der Waals surface area contributed by atoms with E-state index in [0.29, 0.717) is 21.5 Å². The molecule has 0 atom stereocenters. The number of thioether (sulfide) groups is 1. The highest BCUT2D eigenvalue weighted by molar-refractivity contribution is 8.18. The van der Waals surface area contributed by atoms with Gasteiger partial charge in [-0.2, -0.15) is 0 Å². The van der Waals surface area contributed by atoms with Gasteiger partial charge in [0.1, 0.15) is 5.75 Å². The highest BCUT2D eigenvalue weighted by Gasteiger charge is 2.31. The molecule has 0 spiro atoms. The number of amides is 1.